The molecule has 0 aromatic carbocycles. The molecule has 72 valence electrons. The lowest BCUT2D eigenvalue weighted by Crippen LogP contribution is -2.38. The van der Waals surface area contributed by atoms with Gasteiger partial charge in [-0.1, -0.05) is 26.0 Å². The fraction of sp³-hybridized carbons (Fsp3) is 0.818. The van der Waals surface area contributed by atoms with Gasteiger partial charge < -0.3 is 4.90 Å². The van der Waals surface area contributed by atoms with Crippen LogP contribution in [0.5, 0.6) is 0 Å². The van der Waals surface area contributed by atoms with E-state index in [1.165, 1.54) is 0 Å². The zero-order valence-corrected chi connectivity index (χ0v) is 9.39. The van der Waals surface area contributed by atoms with Crippen LogP contribution in [0.1, 0.15) is 34.1 Å². The lowest BCUT2D eigenvalue weighted by Gasteiger charge is -2.35. The lowest BCUT2D eigenvalue weighted by molar-refractivity contribution is 0.153. The monoisotopic (exact) mass is 169 g/mol. The Bertz CT molecular complexity index is 145. The molecule has 0 radical (unpaired) electrons. The maximum atomic E-state index is 2.32. The van der Waals surface area contributed by atoms with Gasteiger partial charge in [0.25, 0.3) is 0 Å². The van der Waals surface area contributed by atoms with Crippen molar-refractivity contribution in [3.63, 3.8) is 0 Å². The van der Waals surface area contributed by atoms with Crippen molar-refractivity contribution in [1.82, 2.24) is 4.90 Å². The number of hydrogen-bond donors (Lipinski definition) is 0. The van der Waals surface area contributed by atoms with Gasteiger partial charge in [-0.25, -0.2) is 0 Å². The van der Waals surface area contributed by atoms with Gasteiger partial charge in [-0.05, 0) is 39.8 Å². The largest absolute Gasteiger partial charge is 0.306 e. The molecule has 1 atom stereocenters. The maximum Gasteiger partial charge on any atom is 0.0115 e. The molecule has 0 aliphatic carbocycles. The molecule has 0 aromatic rings. The average Bonchev–Trinajstić information content (AvgIpc) is 1.99. The molecule has 0 bridgehead atoms. The standard InChI is InChI=1S/C11H23N/c1-7-8-9-11(3,4)10(2)12(5)6/h7-8,10H,9H2,1-6H3/b8-7-/t10-/m1/s1. The van der Waals surface area contributed by atoms with Crippen LogP contribution in [0.3, 0.4) is 0 Å². The highest BCUT2D eigenvalue weighted by atomic mass is 15.1. The van der Waals surface area contributed by atoms with Gasteiger partial charge >= 0.3 is 0 Å². The molecule has 0 heterocycles. The van der Waals surface area contributed by atoms with Crippen LogP contribution in [0.2, 0.25) is 0 Å². The summed E-state index contributed by atoms with van der Waals surface area (Å²) in [5, 5.41) is 0. The Hall–Kier alpha value is -0.300. The van der Waals surface area contributed by atoms with Crippen LogP contribution in [0.15, 0.2) is 12.2 Å². The van der Waals surface area contributed by atoms with Gasteiger partial charge in [-0.15, -0.1) is 0 Å². The van der Waals surface area contributed by atoms with Crippen LogP contribution >= 0.6 is 0 Å². The molecule has 0 aromatic heterocycles. The molecular formula is C11H23N. The normalized spacial score (nSPS) is 15.9. The van der Waals surface area contributed by atoms with Gasteiger partial charge in [0.1, 0.15) is 0 Å². The highest BCUT2D eigenvalue weighted by molar-refractivity contribution is 4.89. The second-order valence-electron chi connectivity index (χ2n) is 4.40. The van der Waals surface area contributed by atoms with Crippen molar-refractivity contribution in [2.24, 2.45) is 5.41 Å². The Labute approximate surface area is 77.5 Å². The molecule has 0 spiro atoms. The minimum Gasteiger partial charge on any atom is -0.306 e. The Morgan fingerprint density at radius 2 is 1.83 bits per heavy atom. The zero-order chi connectivity index (χ0) is 9.78. The van der Waals surface area contributed by atoms with E-state index < -0.39 is 0 Å². The van der Waals surface area contributed by atoms with E-state index in [1.807, 2.05) is 0 Å². The summed E-state index contributed by atoms with van der Waals surface area (Å²) in [6.07, 6.45) is 5.53. The first-order chi connectivity index (χ1) is 5.41. The SMILES string of the molecule is C/C=C\CC(C)(C)[C@@H](C)N(C)C. The minimum atomic E-state index is 0.371. The summed E-state index contributed by atoms with van der Waals surface area (Å²) >= 11 is 0. The van der Waals surface area contributed by atoms with E-state index in [2.05, 4.69) is 58.8 Å². The Morgan fingerprint density at radius 1 is 1.33 bits per heavy atom. The van der Waals surface area contributed by atoms with Crippen molar-refractivity contribution in [2.45, 2.75) is 40.2 Å². The summed E-state index contributed by atoms with van der Waals surface area (Å²) in [7, 11) is 4.28. The summed E-state index contributed by atoms with van der Waals surface area (Å²) in [4.78, 5) is 2.28. The number of allylic oxidation sites excluding steroid dienone is 2. The van der Waals surface area contributed by atoms with Gasteiger partial charge in [0.05, 0.1) is 0 Å². The van der Waals surface area contributed by atoms with E-state index in [0.29, 0.717) is 11.5 Å². The first-order valence-electron chi connectivity index (χ1n) is 4.69. The maximum absolute atomic E-state index is 2.32. The third-order valence-corrected chi connectivity index (χ3v) is 2.79. The topological polar surface area (TPSA) is 3.24 Å². The minimum absolute atomic E-state index is 0.371. The number of nitrogens with zero attached hydrogens (tertiary/aromatic N) is 1. The summed E-state index contributed by atoms with van der Waals surface area (Å²) in [6, 6.07) is 0.619. The molecule has 0 N–H and O–H groups in total. The van der Waals surface area contributed by atoms with Gasteiger partial charge in [-0.3, -0.25) is 0 Å². The molecule has 0 saturated heterocycles. The van der Waals surface area contributed by atoms with Crippen molar-refractivity contribution in [2.75, 3.05) is 14.1 Å². The molecule has 0 rings (SSSR count). The smallest absolute Gasteiger partial charge is 0.0115 e. The van der Waals surface area contributed by atoms with Crippen molar-refractivity contribution in [3.05, 3.63) is 12.2 Å². The van der Waals surface area contributed by atoms with Crippen molar-refractivity contribution in [3.8, 4) is 0 Å². The molecule has 0 amide bonds. The molecule has 12 heavy (non-hydrogen) atoms. The van der Waals surface area contributed by atoms with E-state index >= 15 is 0 Å². The van der Waals surface area contributed by atoms with E-state index in [1.54, 1.807) is 0 Å². The van der Waals surface area contributed by atoms with Crippen LogP contribution < -0.4 is 0 Å². The van der Waals surface area contributed by atoms with Crippen LogP contribution in [-0.4, -0.2) is 25.0 Å². The quantitative estimate of drug-likeness (QED) is 0.585. The van der Waals surface area contributed by atoms with Gasteiger partial charge in [0.2, 0.25) is 0 Å². The van der Waals surface area contributed by atoms with Gasteiger partial charge in [-0.2, -0.15) is 0 Å². The van der Waals surface area contributed by atoms with Crippen LogP contribution in [0, 0.1) is 5.41 Å². The Morgan fingerprint density at radius 3 is 2.17 bits per heavy atom. The zero-order valence-electron chi connectivity index (χ0n) is 9.39. The third-order valence-electron chi connectivity index (χ3n) is 2.79. The molecule has 0 aliphatic rings. The lowest BCUT2D eigenvalue weighted by atomic mass is 9.81. The van der Waals surface area contributed by atoms with Gasteiger partial charge in [0.15, 0.2) is 0 Å². The van der Waals surface area contributed by atoms with Crippen molar-refractivity contribution >= 4 is 0 Å². The summed E-state index contributed by atoms with van der Waals surface area (Å²) in [5.74, 6) is 0. The summed E-state index contributed by atoms with van der Waals surface area (Å²) in [6.45, 7) is 9.00. The summed E-state index contributed by atoms with van der Waals surface area (Å²) in [5.41, 5.74) is 0.371. The number of rotatable bonds is 4. The second-order valence-corrected chi connectivity index (χ2v) is 4.40. The van der Waals surface area contributed by atoms with E-state index in [9.17, 15) is 0 Å². The molecule has 1 nitrogen and oxygen atoms in total. The van der Waals surface area contributed by atoms with E-state index in [4.69, 9.17) is 0 Å². The summed E-state index contributed by atoms with van der Waals surface area (Å²) < 4.78 is 0. The molecular weight excluding hydrogens is 146 g/mol. The average molecular weight is 169 g/mol. The molecule has 0 aliphatic heterocycles. The van der Waals surface area contributed by atoms with Gasteiger partial charge in [0, 0.05) is 6.04 Å². The third kappa shape index (κ3) is 3.40. The van der Waals surface area contributed by atoms with Crippen molar-refractivity contribution < 1.29 is 0 Å². The predicted molar refractivity (Wildman–Crippen MR) is 56.4 cm³/mol. The highest BCUT2D eigenvalue weighted by Crippen LogP contribution is 2.28. The molecule has 0 fully saturated rings. The fourth-order valence-corrected chi connectivity index (χ4v) is 1.29. The second kappa shape index (κ2) is 4.66. The van der Waals surface area contributed by atoms with Crippen LogP contribution in [0.4, 0.5) is 0 Å². The molecule has 0 unspecified atom stereocenters. The van der Waals surface area contributed by atoms with Crippen LogP contribution in [0.25, 0.3) is 0 Å². The Balaban J connectivity index is 4.17. The first-order valence-corrected chi connectivity index (χ1v) is 4.69. The highest BCUT2D eigenvalue weighted by Gasteiger charge is 2.25. The number of hydrogen-bond acceptors (Lipinski definition) is 1. The van der Waals surface area contributed by atoms with Crippen LogP contribution in [-0.2, 0) is 0 Å². The predicted octanol–water partition coefficient (Wildman–Crippen LogP) is 2.93. The molecule has 0 saturated carbocycles. The molecule has 1 heteroatoms. The fourth-order valence-electron chi connectivity index (χ4n) is 1.29. The van der Waals surface area contributed by atoms with Crippen molar-refractivity contribution in [1.29, 1.82) is 0 Å². The van der Waals surface area contributed by atoms with E-state index in [-0.39, 0.29) is 0 Å². The Kier molecular flexibility index (Phi) is 4.54. The first kappa shape index (κ1) is 11.7. The van der Waals surface area contributed by atoms with E-state index in [0.717, 1.165) is 6.42 Å².